The van der Waals surface area contributed by atoms with Crippen molar-refractivity contribution in [1.82, 2.24) is 25.4 Å². The van der Waals surface area contributed by atoms with E-state index in [2.05, 4.69) is 25.8 Å². The lowest BCUT2D eigenvalue weighted by molar-refractivity contribution is 0.431. The maximum absolute atomic E-state index is 13.3. The molecule has 0 aliphatic heterocycles. The van der Waals surface area contributed by atoms with Gasteiger partial charge in [-0.05, 0) is 17.7 Å². The van der Waals surface area contributed by atoms with E-state index in [4.69, 9.17) is 0 Å². The Balaban J connectivity index is 0.00000288. The molecule has 132 valence electrons. The minimum atomic E-state index is -0.632. The van der Waals surface area contributed by atoms with E-state index in [1.165, 1.54) is 12.1 Å². The molecule has 7 nitrogen and oxygen atoms in total. The van der Waals surface area contributed by atoms with Crippen LogP contribution in [0.2, 0.25) is 0 Å². The molecular formula is C15H22FIN6O. The van der Waals surface area contributed by atoms with Gasteiger partial charge < -0.3 is 20.3 Å². The standard InChI is InChI=1S/C15H21FN6O.HI/c1-3-14-21-20-10-22(14)7-6-18-15(17-2)19-9-11-4-5-13(23)12(16)8-11;/h4-5,8,10,23H,3,6-7,9H2,1-2H3,(H2,17,18,19);1H. The van der Waals surface area contributed by atoms with Crippen LogP contribution in [0.25, 0.3) is 0 Å². The maximum Gasteiger partial charge on any atom is 0.191 e. The molecule has 0 saturated carbocycles. The summed E-state index contributed by atoms with van der Waals surface area (Å²) in [6.07, 6.45) is 2.54. The van der Waals surface area contributed by atoms with Crippen molar-refractivity contribution in [2.45, 2.75) is 26.4 Å². The molecule has 2 rings (SSSR count). The monoisotopic (exact) mass is 448 g/mol. The topological polar surface area (TPSA) is 87.4 Å². The Morgan fingerprint density at radius 3 is 2.83 bits per heavy atom. The second-order valence-corrected chi connectivity index (χ2v) is 4.93. The summed E-state index contributed by atoms with van der Waals surface area (Å²) >= 11 is 0. The minimum Gasteiger partial charge on any atom is -0.505 e. The lowest BCUT2D eigenvalue weighted by Crippen LogP contribution is -2.38. The van der Waals surface area contributed by atoms with E-state index >= 15 is 0 Å². The number of phenols is 1. The van der Waals surface area contributed by atoms with Gasteiger partial charge in [-0.15, -0.1) is 34.2 Å². The molecule has 1 aromatic carbocycles. The van der Waals surface area contributed by atoms with E-state index < -0.39 is 5.82 Å². The number of phenolic OH excluding ortho intramolecular Hbond substituents is 1. The lowest BCUT2D eigenvalue weighted by atomic mass is 10.2. The van der Waals surface area contributed by atoms with Crippen LogP contribution in [-0.2, 0) is 19.5 Å². The molecule has 9 heteroatoms. The van der Waals surface area contributed by atoms with Gasteiger partial charge in [-0.3, -0.25) is 4.99 Å². The first-order valence-corrected chi connectivity index (χ1v) is 7.42. The summed E-state index contributed by atoms with van der Waals surface area (Å²) in [6, 6.07) is 4.28. The first-order chi connectivity index (χ1) is 11.1. The minimum absolute atomic E-state index is 0. The van der Waals surface area contributed by atoms with E-state index in [9.17, 15) is 9.50 Å². The number of nitrogens with zero attached hydrogens (tertiary/aromatic N) is 4. The Morgan fingerprint density at radius 2 is 2.17 bits per heavy atom. The first-order valence-electron chi connectivity index (χ1n) is 7.42. The molecule has 24 heavy (non-hydrogen) atoms. The van der Waals surface area contributed by atoms with Crippen molar-refractivity contribution in [1.29, 1.82) is 0 Å². The Kier molecular flexibility index (Phi) is 8.44. The number of rotatable bonds is 6. The molecule has 2 aromatic rings. The summed E-state index contributed by atoms with van der Waals surface area (Å²) in [6.45, 7) is 3.83. The summed E-state index contributed by atoms with van der Waals surface area (Å²) in [4.78, 5) is 4.12. The number of guanidine groups is 1. The number of aliphatic imine (C=N–C) groups is 1. The van der Waals surface area contributed by atoms with Crippen LogP contribution in [0.3, 0.4) is 0 Å². The van der Waals surface area contributed by atoms with Crippen LogP contribution in [0.4, 0.5) is 4.39 Å². The number of hydrogen-bond acceptors (Lipinski definition) is 4. The van der Waals surface area contributed by atoms with Gasteiger partial charge in [-0.25, -0.2) is 4.39 Å². The van der Waals surface area contributed by atoms with Gasteiger partial charge in [0.25, 0.3) is 0 Å². The van der Waals surface area contributed by atoms with Gasteiger partial charge >= 0.3 is 0 Å². The van der Waals surface area contributed by atoms with E-state index in [0.29, 0.717) is 19.0 Å². The fourth-order valence-electron chi connectivity index (χ4n) is 2.10. The van der Waals surface area contributed by atoms with Crippen molar-refractivity contribution in [2.75, 3.05) is 13.6 Å². The molecule has 0 atom stereocenters. The summed E-state index contributed by atoms with van der Waals surface area (Å²) in [7, 11) is 1.67. The highest BCUT2D eigenvalue weighted by Crippen LogP contribution is 2.15. The molecule has 0 fully saturated rings. The van der Waals surface area contributed by atoms with Crippen LogP contribution < -0.4 is 10.6 Å². The Labute approximate surface area is 157 Å². The van der Waals surface area contributed by atoms with Gasteiger partial charge in [0, 0.05) is 33.1 Å². The molecule has 1 aromatic heterocycles. The fraction of sp³-hybridized carbons (Fsp3) is 0.400. The van der Waals surface area contributed by atoms with Crippen molar-refractivity contribution in [3.8, 4) is 5.75 Å². The van der Waals surface area contributed by atoms with Crippen molar-refractivity contribution < 1.29 is 9.50 Å². The number of aryl methyl sites for hydroxylation is 1. The number of halogens is 2. The number of aromatic nitrogens is 3. The van der Waals surface area contributed by atoms with Gasteiger partial charge in [0.1, 0.15) is 12.2 Å². The summed E-state index contributed by atoms with van der Waals surface area (Å²) < 4.78 is 15.3. The highest BCUT2D eigenvalue weighted by molar-refractivity contribution is 14.0. The second-order valence-electron chi connectivity index (χ2n) is 4.93. The Morgan fingerprint density at radius 1 is 1.38 bits per heavy atom. The van der Waals surface area contributed by atoms with Crippen molar-refractivity contribution in [3.63, 3.8) is 0 Å². The van der Waals surface area contributed by atoms with E-state index in [1.54, 1.807) is 19.4 Å². The number of hydrogen-bond donors (Lipinski definition) is 3. The smallest absolute Gasteiger partial charge is 0.191 e. The predicted molar refractivity (Wildman–Crippen MR) is 101 cm³/mol. The van der Waals surface area contributed by atoms with Gasteiger partial charge in [-0.2, -0.15) is 0 Å². The molecule has 1 heterocycles. The molecule has 0 bridgehead atoms. The quantitative estimate of drug-likeness (QED) is 0.356. The average Bonchev–Trinajstić information content (AvgIpc) is 3.01. The number of nitrogens with one attached hydrogen (secondary N) is 2. The second kappa shape index (κ2) is 10.1. The largest absolute Gasteiger partial charge is 0.505 e. The van der Waals surface area contributed by atoms with Gasteiger partial charge in [0.2, 0.25) is 0 Å². The third kappa shape index (κ3) is 5.62. The molecule has 3 N–H and O–H groups in total. The van der Waals surface area contributed by atoms with Crippen LogP contribution in [0, 0.1) is 5.82 Å². The lowest BCUT2D eigenvalue weighted by Gasteiger charge is -2.13. The van der Waals surface area contributed by atoms with Crippen molar-refractivity contribution in [2.24, 2.45) is 4.99 Å². The van der Waals surface area contributed by atoms with Gasteiger partial charge in [0.15, 0.2) is 17.5 Å². The fourth-order valence-corrected chi connectivity index (χ4v) is 2.10. The summed E-state index contributed by atoms with van der Waals surface area (Å²) in [5.41, 5.74) is 0.718. The van der Waals surface area contributed by atoms with Gasteiger partial charge in [-0.1, -0.05) is 13.0 Å². The molecule has 0 aliphatic rings. The Hall–Kier alpha value is -1.91. The third-order valence-electron chi connectivity index (χ3n) is 3.35. The SMILES string of the molecule is CCc1nncn1CCNC(=NC)NCc1ccc(O)c(F)c1.I. The molecule has 0 saturated heterocycles. The van der Waals surface area contributed by atoms with Crippen LogP contribution in [0.15, 0.2) is 29.5 Å². The molecule has 0 spiro atoms. The number of benzene rings is 1. The summed E-state index contributed by atoms with van der Waals surface area (Å²) in [5.74, 6) is 0.572. The zero-order chi connectivity index (χ0) is 16.7. The van der Waals surface area contributed by atoms with Crippen LogP contribution >= 0.6 is 24.0 Å². The van der Waals surface area contributed by atoms with Gasteiger partial charge in [0.05, 0.1) is 0 Å². The van der Waals surface area contributed by atoms with Crippen molar-refractivity contribution in [3.05, 3.63) is 41.7 Å². The Bertz CT molecular complexity index is 676. The molecule has 0 unspecified atom stereocenters. The molecule has 0 radical (unpaired) electrons. The molecular weight excluding hydrogens is 426 g/mol. The molecule has 0 amide bonds. The first kappa shape index (κ1) is 20.1. The number of aromatic hydroxyl groups is 1. The van der Waals surface area contributed by atoms with E-state index in [-0.39, 0.29) is 29.7 Å². The van der Waals surface area contributed by atoms with E-state index in [1.807, 2.05) is 11.5 Å². The van der Waals surface area contributed by atoms with E-state index in [0.717, 1.165) is 24.4 Å². The zero-order valence-corrected chi connectivity index (χ0v) is 16.0. The highest BCUT2D eigenvalue weighted by Gasteiger charge is 2.04. The highest BCUT2D eigenvalue weighted by atomic mass is 127. The third-order valence-corrected chi connectivity index (χ3v) is 3.35. The van der Waals surface area contributed by atoms with Crippen molar-refractivity contribution >= 4 is 29.9 Å². The molecule has 0 aliphatic carbocycles. The van der Waals surface area contributed by atoms with Crippen LogP contribution in [-0.4, -0.2) is 39.4 Å². The van der Waals surface area contributed by atoms with Crippen LogP contribution in [0.5, 0.6) is 5.75 Å². The predicted octanol–water partition coefficient (Wildman–Crippen LogP) is 1.67. The maximum atomic E-state index is 13.3. The van der Waals surface area contributed by atoms with Crippen LogP contribution in [0.1, 0.15) is 18.3 Å². The average molecular weight is 448 g/mol. The normalized spacial score (nSPS) is 11.0. The zero-order valence-electron chi connectivity index (χ0n) is 13.7. The summed E-state index contributed by atoms with van der Waals surface area (Å²) in [5, 5.41) is 23.4.